The molecule has 0 aromatic carbocycles. The maximum absolute atomic E-state index is 12.5. The summed E-state index contributed by atoms with van der Waals surface area (Å²) in [7, 11) is 1.23. The Hall–Kier alpha value is -2.16. The largest absolute Gasteiger partial charge is 0.464 e. The van der Waals surface area contributed by atoms with Crippen molar-refractivity contribution in [2.75, 3.05) is 7.11 Å². The number of rotatable bonds is 3. The van der Waals surface area contributed by atoms with E-state index in [0.29, 0.717) is 4.47 Å². The number of ether oxygens (including phenoxy) is 3. The van der Waals surface area contributed by atoms with Crippen LogP contribution >= 0.6 is 15.9 Å². The fraction of sp³-hybridized carbons (Fsp3) is 0.556. The van der Waals surface area contributed by atoms with Crippen molar-refractivity contribution in [2.45, 2.75) is 59.3 Å². The Labute approximate surface area is 167 Å². The van der Waals surface area contributed by atoms with E-state index in [9.17, 15) is 14.4 Å². The Balaban J connectivity index is 3.20. The summed E-state index contributed by atoms with van der Waals surface area (Å²) in [5.74, 6) is -0.640. The van der Waals surface area contributed by atoms with E-state index in [1.165, 1.54) is 13.2 Å². The van der Waals surface area contributed by atoms with Gasteiger partial charge in [-0.1, -0.05) is 15.9 Å². The quantitative estimate of drug-likeness (QED) is 0.506. The molecular formula is C18H25BrN2O6. The lowest BCUT2D eigenvalue weighted by Gasteiger charge is -2.28. The van der Waals surface area contributed by atoms with Crippen LogP contribution in [0.5, 0.6) is 0 Å². The van der Waals surface area contributed by atoms with Crippen molar-refractivity contribution in [3.63, 3.8) is 0 Å². The Bertz CT molecular complexity index is 694. The van der Waals surface area contributed by atoms with Gasteiger partial charge in [-0.2, -0.15) is 0 Å². The molecule has 9 heteroatoms. The number of halogens is 1. The summed E-state index contributed by atoms with van der Waals surface area (Å²) in [5.41, 5.74) is -1.30. The second-order valence-electron chi connectivity index (χ2n) is 7.70. The Morgan fingerprint density at radius 1 is 1.00 bits per heavy atom. The average Bonchev–Trinajstić information content (AvgIpc) is 2.47. The van der Waals surface area contributed by atoms with E-state index in [2.05, 4.69) is 25.7 Å². The van der Waals surface area contributed by atoms with Gasteiger partial charge < -0.3 is 14.2 Å². The van der Waals surface area contributed by atoms with E-state index in [1.54, 1.807) is 47.6 Å². The first-order chi connectivity index (χ1) is 12.2. The van der Waals surface area contributed by atoms with Crippen LogP contribution in [0.3, 0.4) is 0 Å². The molecule has 0 aliphatic rings. The van der Waals surface area contributed by atoms with Crippen LogP contribution in [0, 0.1) is 0 Å². The van der Waals surface area contributed by atoms with E-state index < -0.39 is 29.4 Å². The van der Waals surface area contributed by atoms with Gasteiger partial charge in [-0.15, -0.1) is 0 Å². The third-order valence-corrected chi connectivity index (χ3v) is 3.24. The van der Waals surface area contributed by atoms with Gasteiger partial charge >= 0.3 is 18.2 Å². The second-order valence-corrected chi connectivity index (χ2v) is 8.62. The highest BCUT2D eigenvalue weighted by molar-refractivity contribution is 9.10. The number of hydrogen-bond donors (Lipinski definition) is 0. The number of hydrogen-bond acceptors (Lipinski definition) is 7. The van der Waals surface area contributed by atoms with Crippen LogP contribution in [0.4, 0.5) is 9.59 Å². The molecule has 0 aliphatic heterocycles. The summed E-state index contributed by atoms with van der Waals surface area (Å²) >= 11 is 3.27. The van der Waals surface area contributed by atoms with E-state index in [0.717, 1.165) is 4.90 Å². The number of aromatic nitrogens is 1. The molecule has 0 atom stereocenters. The normalized spacial score (nSPS) is 11.6. The van der Waals surface area contributed by atoms with Crippen molar-refractivity contribution in [3.8, 4) is 0 Å². The fourth-order valence-electron chi connectivity index (χ4n) is 1.84. The maximum atomic E-state index is 12.5. The van der Waals surface area contributed by atoms with Crippen LogP contribution in [0.2, 0.25) is 0 Å². The first-order valence-electron chi connectivity index (χ1n) is 8.20. The number of carbonyl (C=O) groups is 3. The van der Waals surface area contributed by atoms with Crippen molar-refractivity contribution in [1.29, 1.82) is 0 Å². The summed E-state index contributed by atoms with van der Waals surface area (Å²) in [6, 6.07) is 3.05. The number of methoxy groups -OCH3 is 1. The van der Waals surface area contributed by atoms with Crippen molar-refractivity contribution in [1.82, 2.24) is 9.88 Å². The highest BCUT2D eigenvalue weighted by atomic mass is 79.9. The predicted octanol–water partition coefficient (Wildman–Crippen LogP) is 4.30. The van der Waals surface area contributed by atoms with Crippen LogP contribution in [0.25, 0.3) is 0 Å². The molecule has 0 radical (unpaired) electrons. The molecular weight excluding hydrogens is 420 g/mol. The molecule has 0 N–H and O–H groups in total. The predicted molar refractivity (Wildman–Crippen MR) is 101 cm³/mol. The van der Waals surface area contributed by atoms with E-state index >= 15 is 0 Å². The summed E-state index contributed by atoms with van der Waals surface area (Å²) in [5, 5.41) is 0. The lowest BCUT2D eigenvalue weighted by atomic mass is 10.2. The molecule has 0 aliphatic carbocycles. The van der Waals surface area contributed by atoms with Gasteiger partial charge in [0.2, 0.25) is 0 Å². The lowest BCUT2D eigenvalue weighted by Crippen LogP contribution is -2.43. The third-order valence-electron chi connectivity index (χ3n) is 2.79. The molecule has 1 heterocycles. The minimum atomic E-state index is -0.877. The van der Waals surface area contributed by atoms with Gasteiger partial charge in [-0.3, -0.25) is 0 Å². The first-order valence-corrected chi connectivity index (χ1v) is 8.99. The molecule has 27 heavy (non-hydrogen) atoms. The molecule has 0 unspecified atom stereocenters. The monoisotopic (exact) mass is 444 g/mol. The minimum absolute atomic E-state index is 0.0372. The summed E-state index contributed by atoms with van der Waals surface area (Å²) in [4.78, 5) is 41.7. The number of pyridine rings is 1. The Kier molecular flexibility index (Phi) is 7.36. The van der Waals surface area contributed by atoms with E-state index in [-0.39, 0.29) is 17.9 Å². The summed E-state index contributed by atoms with van der Waals surface area (Å²) in [6.07, 6.45) is -1.75. The van der Waals surface area contributed by atoms with Gasteiger partial charge in [0.05, 0.1) is 19.3 Å². The second kappa shape index (κ2) is 8.69. The number of nitrogens with zero attached hydrogens (tertiary/aromatic N) is 2. The maximum Gasteiger partial charge on any atom is 0.420 e. The molecule has 0 spiro atoms. The molecule has 8 nitrogen and oxygen atoms in total. The van der Waals surface area contributed by atoms with Crippen molar-refractivity contribution in [2.24, 2.45) is 0 Å². The molecule has 1 aromatic heterocycles. The van der Waals surface area contributed by atoms with Crippen LogP contribution in [-0.4, -0.2) is 46.4 Å². The summed E-state index contributed by atoms with van der Waals surface area (Å²) < 4.78 is 15.8. The smallest absolute Gasteiger partial charge is 0.420 e. The van der Waals surface area contributed by atoms with Crippen LogP contribution in [-0.2, 0) is 20.8 Å². The van der Waals surface area contributed by atoms with Gasteiger partial charge in [0, 0.05) is 4.47 Å². The van der Waals surface area contributed by atoms with Gasteiger partial charge in [0.25, 0.3) is 0 Å². The van der Waals surface area contributed by atoms with Gasteiger partial charge in [-0.05, 0) is 53.7 Å². The highest BCUT2D eigenvalue weighted by Crippen LogP contribution is 2.19. The van der Waals surface area contributed by atoms with E-state index in [1.807, 2.05) is 0 Å². The number of amides is 2. The van der Waals surface area contributed by atoms with E-state index in [4.69, 9.17) is 9.47 Å². The minimum Gasteiger partial charge on any atom is -0.464 e. The van der Waals surface area contributed by atoms with Crippen LogP contribution in [0.1, 0.15) is 57.7 Å². The van der Waals surface area contributed by atoms with Crippen molar-refractivity contribution < 1.29 is 28.6 Å². The third kappa shape index (κ3) is 7.94. The Morgan fingerprint density at radius 3 is 1.89 bits per heavy atom. The zero-order valence-electron chi connectivity index (χ0n) is 16.6. The van der Waals surface area contributed by atoms with Crippen molar-refractivity contribution in [3.05, 3.63) is 28.0 Å². The standard InChI is InChI=1S/C18H25BrN2O6/c1-17(2,3)26-15(23)21(16(24)27-18(4,5)6)10-12-8-11(19)9-13(20-12)14(22)25-7/h8-9H,10H2,1-7H3. The fourth-order valence-corrected chi connectivity index (χ4v) is 2.32. The van der Waals surface area contributed by atoms with Gasteiger partial charge in [0.15, 0.2) is 0 Å². The number of imide groups is 1. The van der Waals surface area contributed by atoms with Crippen LogP contribution < -0.4 is 0 Å². The molecule has 0 saturated carbocycles. The van der Waals surface area contributed by atoms with Gasteiger partial charge in [0.1, 0.15) is 16.9 Å². The average molecular weight is 445 g/mol. The molecule has 0 bridgehead atoms. The summed E-state index contributed by atoms with van der Waals surface area (Å²) in [6.45, 7) is 9.87. The number of esters is 1. The zero-order valence-corrected chi connectivity index (χ0v) is 18.2. The molecule has 2 amide bonds. The molecule has 1 rings (SSSR count). The molecule has 150 valence electrons. The SMILES string of the molecule is COC(=O)c1cc(Br)cc(CN(C(=O)OC(C)(C)C)C(=O)OC(C)(C)C)n1. The van der Waals surface area contributed by atoms with Crippen LogP contribution in [0.15, 0.2) is 16.6 Å². The molecule has 0 saturated heterocycles. The topological polar surface area (TPSA) is 95.0 Å². The molecule has 0 fully saturated rings. The lowest BCUT2D eigenvalue weighted by molar-refractivity contribution is -0.000486. The first kappa shape index (κ1) is 22.9. The molecule has 1 aromatic rings. The highest BCUT2D eigenvalue weighted by Gasteiger charge is 2.31. The number of carbonyl (C=O) groups excluding carboxylic acids is 3. The Morgan fingerprint density at radius 2 is 1.48 bits per heavy atom. The van der Waals surface area contributed by atoms with Crippen molar-refractivity contribution >= 4 is 34.1 Å². The van der Waals surface area contributed by atoms with Gasteiger partial charge in [-0.25, -0.2) is 24.3 Å². The zero-order chi connectivity index (χ0) is 21.0.